The molecule has 2 rings (SSSR count). The van der Waals surface area contributed by atoms with Gasteiger partial charge in [-0.25, -0.2) is 9.59 Å². The van der Waals surface area contributed by atoms with E-state index in [9.17, 15) is 19.8 Å². The van der Waals surface area contributed by atoms with Crippen molar-refractivity contribution < 1.29 is 24.5 Å². The number of hydrogen-bond acceptors (Lipinski definition) is 4. The molecule has 0 aliphatic heterocycles. The van der Waals surface area contributed by atoms with Gasteiger partial charge in [0.15, 0.2) is 0 Å². The topological polar surface area (TPSA) is 87.1 Å². The maximum Gasteiger partial charge on any atom is 0.410 e. The highest BCUT2D eigenvalue weighted by molar-refractivity contribution is 9.11. The van der Waals surface area contributed by atoms with Gasteiger partial charge in [-0.05, 0) is 55.1 Å². The Bertz CT molecular complexity index is 774. The fraction of sp³-hybridized carbons (Fsp3) is 0.222. The van der Waals surface area contributed by atoms with Gasteiger partial charge in [0.1, 0.15) is 18.4 Å². The zero-order chi connectivity index (χ0) is 19.3. The summed E-state index contributed by atoms with van der Waals surface area (Å²) in [5.41, 5.74) is 1.45. The van der Waals surface area contributed by atoms with Gasteiger partial charge in [0.2, 0.25) is 0 Å². The second-order valence-electron chi connectivity index (χ2n) is 5.62. The van der Waals surface area contributed by atoms with Crippen molar-refractivity contribution in [2.75, 3.05) is 7.05 Å². The molecule has 8 heteroatoms. The van der Waals surface area contributed by atoms with Crippen LogP contribution in [0.15, 0.2) is 51.4 Å². The van der Waals surface area contributed by atoms with E-state index in [1.54, 1.807) is 12.1 Å². The summed E-state index contributed by atoms with van der Waals surface area (Å²) in [6, 6.07) is 11.2. The van der Waals surface area contributed by atoms with Crippen molar-refractivity contribution in [2.24, 2.45) is 0 Å². The van der Waals surface area contributed by atoms with E-state index >= 15 is 0 Å². The van der Waals surface area contributed by atoms with Gasteiger partial charge in [-0.2, -0.15) is 0 Å². The van der Waals surface area contributed by atoms with Crippen LogP contribution >= 0.6 is 31.9 Å². The predicted octanol–water partition coefficient (Wildman–Crippen LogP) is 4.18. The normalized spacial score (nSPS) is 11.7. The molecule has 0 aliphatic rings. The number of carbonyl (C=O) groups is 2. The van der Waals surface area contributed by atoms with Crippen molar-refractivity contribution in [1.29, 1.82) is 0 Å². The third-order valence-electron chi connectivity index (χ3n) is 3.75. The number of phenolic OH excluding ortho intramolecular Hbond substituents is 1. The van der Waals surface area contributed by atoms with Gasteiger partial charge in [0.25, 0.3) is 0 Å². The van der Waals surface area contributed by atoms with Gasteiger partial charge in [-0.15, -0.1) is 0 Å². The SMILES string of the molecule is CN(C(=O)OCc1ccccc1)[C@@H](Cc1cc(Br)c(O)c(Br)c1)C(=O)O. The molecule has 0 spiro atoms. The van der Waals surface area contributed by atoms with Gasteiger partial charge < -0.3 is 14.9 Å². The number of carboxylic acid groups (broad SMARTS) is 1. The largest absolute Gasteiger partial charge is 0.506 e. The van der Waals surface area contributed by atoms with Crippen LogP contribution in [0.3, 0.4) is 0 Å². The van der Waals surface area contributed by atoms with E-state index in [1.807, 2.05) is 30.3 Å². The van der Waals surface area contributed by atoms with Crippen LogP contribution in [-0.2, 0) is 22.6 Å². The summed E-state index contributed by atoms with van der Waals surface area (Å²) in [4.78, 5) is 24.9. The molecule has 2 aromatic carbocycles. The van der Waals surface area contributed by atoms with E-state index < -0.39 is 18.1 Å². The summed E-state index contributed by atoms with van der Waals surface area (Å²) in [5.74, 6) is -1.12. The van der Waals surface area contributed by atoms with E-state index in [4.69, 9.17) is 4.74 Å². The van der Waals surface area contributed by atoms with Gasteiger partial charge in [-0.1, -0.05) is 30.3 Å². The Morgan fingerprint density at radius 2 is 1.69 bits per heavy atom. The fourth-order valence-corrected chi connectivity index (χ4v) is 3.58. The molecule has 1 atom stereocenters. The molecule has 0 saturated heterocycles. The molecular weight excluding hydrogens is 470 g/mol. The first-order chi connectivity index (χ1) is 12.3. The number of benzene rings is 2. The van der Waals surface area contributed by atoms with E-state index in [-0.39, 0.29) is 18.8 Å². The Labute approximate surface area is 167 Å². The number of ether oxygens (including phenoxy) is 1. The summed E-state index contributed by atoms with van der Waals surface area (Å²) >= 11 is 6.42. The average Bonchev–Trinajstić information content (AvgIpc) is 2.62. The zero-order valence-corrected chi connectivity index (χ0v) is 17.0. The minimum absolute atomic E-state index is 0.0243. The first-order valence-corrected chi connectivity index (χ1v) is 9.21. The second kappa shape index (κ2) is 9.05. The van der Waals surface area contributed by atoms with Crippen LogP contribution in [0.25, 0.3) is 0 Å². The van der Waals surface area contributed by atoms with Crippen molar-refractivity contribution in [1.82, 2.24) is 4.90 Å². The van der Waals surface area contributed by atoms with Gasteiger partial charge in [0.05, 0.1) is 8.95 Å². The number of halogens is 2. The van der Waals surface area contributed by atoms with E-state index in [0.717, 1.165) is 10.5 Å². The second-order valence-corrected chi connectivity index (χ2v) is 7.33. The smallest absolute Gasteiger partial charge is 0.410 e. The molecule has 0 aromatic heterocycles. The first kappa shape index (κ1) is 20.3. The number of carboxylic acids is 1. The maximum absolute atomic E-state index is 12.2. The number of hydrogen-bond donors (Lipinski definition) is 2. The lowest BCUT2D eigenvalue weighted by Crippen LogP contribution is -2.44. The molecule has 2 N–H and O–H groups in total. The maximum atomic E-state index is 12.2. The average molecular weight is 487 g/mol. The Morgan fingerprint density at radius 3 is 2.23 bits per heavy atom. The molecule has 0 unspecified atom stereocenters. The lowest BCUT2D eigenvalue weighted by Gasteiger charge is -2.24. The molecule has 2 aromatic rings. The van der Waals surface area contributed by atoms with Crippen LogP contribution in [0.4, 0.5) is 4.79 Å². The summed E-state index contributed by atoms with van der Waals surface area (Å²) < 4.78 is 6.05. The highest BCUT2D eigenvalue weighted by Gasteiger charge is 2.28. The molecule has 26 heavy (non-hydrogen) atoms. The predicted molar refractivity (Wildman–Crippen MR) is 103 cm³/mol. The van der Waals surface area contributed by atoms with Crippen molar-refractivity contribution in [3.05, 3.63) is 62.5 Å². The van der Waals surface area contributed by atoms with Crippen LogP contribution in [0, 0.1) is 0 Å². The third kappa shape index (κ3) is 5.22. The number of amides is 1. The van der Waals surface area contributed by atoms with Crippen LogP contribution in [0.2, 0.25) is 0 Å². The number of aromatic hydroxyl groups is 1. The van der Waals surface area contributed by atoms with Gasteiger partial charge in [-0.3, -0.25) is 4.90 Å². The molecule has 0 heterocycles. The van der Waals surface area contributed by atoms with Crippen molar-refractivity contribution in [2.45, 2.75) is 19.1 Å². The molecular formula is C18H17Br2NO5. The number of phenols is 1. The van der Waals surface area contributed by atoms with Crippen LogP contribution in [0.1, 0.15) is 11.1 Å². The lowest BCUT2D eigenvalue weighted by molar-refractivity contribution is -0.142. The number of aliphatic carboxylic acids is 1. The number of rotatable bonds is 6. The zero-order valence-electron chi connectivity index (χ0n) is 13.9. The molecule has 0 aliphatic carbocycles. The third-order valence-corrected chi connectivity index (χ3v) is 4.96. The lowest BCUT2D eigenvalue weighted by atomic mass is 10.1. The van der Waals surface area contributed by atoms with Crippen LogP contribution < -0.4 is 0 Å². The summed E-state index contributed by atoms with van der Waals surface area (Å²) in [7, 11) is 1.39. The van der Waals surface area contributed by atoms with Crippen LogP contribution in [-0.4, -0.2) is 40.3 Å². The first-order valence-electron chi connectivity index (χ1n) is 7.62. The molecule has 1 amide bonds. The number of likely N-dealkylation sites (N-methyl/N-ethyl adjacent to an activating group) is 1. The quantitative estimate of drug-likeness (QED) is 0.639. The number of nitrogens with zero attached hydrogens (tertiary/aromatic N) is 1. The van der Waals surface area contributed by atoms with E-state index in [1.165, 1.54) is 7.05 Å². The minimum atomic E-state index is -1.15. The standard InChI is InChI=1S/C18H17Br2NO5/c1-21(18(25)26-10-11-5-3-2-4-6-11)15(17(23)24)9-12-7-13(19)16(22)14(20)8-12/h2-8,15,22H,9-10H2,1H3,(H,23,24)/t15-/m0/s1. The summed E-state index contributed by atoms with van der Waals surface area (Å²) in [6.45, 7) is 0.0622. The van der Waals surface area contributed by atoms with Crippen molar-refractivity contribution >= 4 is 43.9 Å². The Hall–Kier alpha value is -2.06. The highest BCUT2D eigenvalue weighted by Crippen LogP contribution is 2.33. The monoisotopic (exact) mass is 485 g/mol. The molecule has 6 nitrogen and oxygen atoms in total. The Morgan fingerprint density at radius 1 is 1.12 bits per heavy atom. The summed E-state index contributed by atoms with van der Waals surface area (Å²) in [5, 5.41) is 19.3. The van der Waals surface area contributed by atoms with Crippen molar-refractivity contribution in [3.8, 4) is 5.75 Å². The molecule has 138 valence electrons. The molecule has 0 radical (unpaired) electrons. The van der Waals surface area contributed by atoms with Crippen molar-refractivity contribution in [3.63, 3.8) is 0 Å². The minimum Gasteiger partial charge on any atom is -0.506 e. The Balaban J connectivity index is 2.08. The Kier molecular flexibility index (Phi) is 7.05. The van der Waals surface area contributed by atoms with Gasteiger partial charge in [0, 0.05) is 13.5 Å². The highest BCUT2D eigenvalue weighted by atomic mass is 79.9. The van der Waals surface area contributed by atoms with Crippen LogP contribution in [0.5, 0.6) is 5.75 Å². The summed E-state index contributed by atoms with van der Waals surface area (Å²) in [6.07, 6.45) is -0.665. The van der Waals surface area contributed by atoms with Gasteiger partial charge >= 0.3 is 12.1 Å². The molecule has 0 fully saturated rings. The number of carbonyl (C=O) groups excluding carboxylic acids is 1. The molecule has 0 bridgehead atoms. The fourth-order valence-electron chi connectivity index (χ4n) is 2.30. The molecule has 0 saturated carbocycles. The van der Waals surface area contributed by atoms with E-state index in [2.05, 4.69) is 31.9 Å². The van der Waals surface area contributed by atoms with E-state index in [0.29, 0.717) is 14.5 Å².